The third-order valence-corrected chi connectivity index (χ3v) is 4.15. The van der Waals surface area contributed by atoms with Crippen LogP contribution in [0.25, 0.3) is 22.8 Å². The molecule has 0 spiro atoms. The van der Waals surface area contributed by atoms with Crippen molar-refractivity contribution in [3.63, 3.8) is 0 Å². The van der Waals surface area contributed by atoms with Crippen molar-refractivity contribution in [1.82, 2.24) is 30.0 Å². The van der Waals surface area contributed by atoms with Crippen LogP contribution in [0.15, 0.2) is 60.8 Å². The van der Waals surface area contributed by atoms with Crippen molar-refractivity contribution in [2.75, 3.05) is 0 Å². The minimum absolute atomic E-state index is 0.0770. The maximum Gasteiger partial charge on any atom is 0.434 e. The Kier molecular flexibility index (Phi) is 4.15. The molecule has 2 heterocycles. The van der Waals surface area contributed by atoms with Crippen molar-refractivity contribution in [2.24, 2.45) is 0 Å². The molecule has 6 nitrogen and oxygen atoms in total. The number of hydrogen-bond acceptors (Lipinski definition) is 4. The Hall–Kier alpha value is -3.20. The van der Waals surface area contributed by atoms with Crippen LogP contribution in [0.5, 0.6) is 0 Å². The second-order valence-corrected chi connectivity index (χ2v) is 5.92. The largest absolute Gasteiger partial charge is 0.434 e. The Morgan fingerprint density at radius 2 is 1.59 bits per heavy atom. The van der Waals surface area contributed by atoms with Gasteiger partial charge < -0.3 is 0 Å². The molecule has 0 N–H and O–H groups in total. The van der Waals surface area contributed by atoms with Crippen LogP contribution in [-0.4, -0.2) is 30.0 Å². The van der Waals surface area contributed by atoms with Crippen LogP contribution < -0.4 is 0 Å². The van der Waals surface area contributed by atoms with Crippen molar-refractivity contribution >= 4 is 11.6 Å². The summed E-state index contributed by atoms with van der Waals surface area (Å²) in [6.07, 6.45) is -3.63. The van der Waals surface area contributed by atoms with Gasteiger partial charge in [-0.05, 0) is 34.7 Å². The summed E-state index contributed by atoms with van der Waals surface area (Å²) in [7, 11) is 0. The molecule has 0 fully saturated rings. The molecule has 0 bridgehead atoms. The summed E-state index contributed by atoms with van der Waals surface area (Å²) in [5.41, 5.74) is -0.633. The summed E-state index contributed by atoms with van der Waals surface area (Å²) >= 11 is 6.07. The standard InChI is InChI=1S/C17H10ClF3N6/c18-13-8-4-5-9-14(13)27-15(17(19,20)21)12(10-22-27)16-23-24-25-26(16)11-6-2-1-3-7-11/h1-10H. The Labute approximate surface area is 155 Å². The molecule has 2 aromatic heterocycles. The maximum atomic E-state index is 13.9. The average Bonchev–Trinajstić information content (AvgIpc) is 3.29. The number of aromatic nitrogens is 6. The first-order chi connectivity index (χ1) is 13.0. The first-order valence-electron chi connectivity index (χ1n) is 7.71. The number of halogens is 4. The van der Waals surface area contributed by atoms with Gasteiger partial charge in [-0.1, -0.05) is 41.9 Å². The zero-order chi connectivity index (χ0) is 19.0. The van der Waals surface area contributed by atoms with E-state index in [1.54, 1.807) is 42.5 Å². The van der Waals surface area contributed by atoms with Crippen LogP contribution in [0.3, 0.4) is 0 Å². The van der Waals surface area contributed by atoms with Crippen LogP contribution in [0.1, 0.15) is 5.69 Å². The molecule has 0 amide bonds. The van der Waals surface area contributed by atoms with Gasteiger partial charge in [0.15, 0.2) is 11.5 Å². The molecule has 136 valence electrons. The van der Waals surface area contributed by atoms with Crippen LogP contribution >= 0.6 is 11.6 Å². The molecule has 2 aromatic carbocycles. The Balaban J connectivity index is 1.95. The van der Waals surface area contributed by atoms with E-state index in [-0.39, 0.29) is 22.1 Å². The highest BCUT2D eigenvalue weighted by Crippen LogP contribution is 2.39. The minimum atomic E-state index is -4.71. The molecule has 4 aromatic rings. The van der Waals surface area contributed by atoms with E-state index in [1.165, 1.54) is 16.8 Å². The van der Waals surface area contributed by atoms with E-state index >= 15 is 0 Å². The molecule has 10 heteroatoms. The number of rotatable bonds is 3. The first-order valence-corrected chi connectivity index (χ1v) is 8.09. The molecule has 27 heavy (non-hydrogen) atoms. The third-order valence-electron chi connectivity index (χ3n) is 3.83. The quantitative estimate of drug-likeness (QED) is 0.526. The summed E-state index contributed by atoms with van der Waals surface area (Å²) in [4.78, 5) is 0. The molecule has 0 saturated carbocycles. The number of nitrogens with zero attached hydrogens (tertiary/aromatic N) is 6. The van der Waals surface area contributed by atoms with E-state index in [1.807, 2.05) is 0 Å². The SMILES string of the molecule is FC(F)(F)c1c(-c2nnnn2-c2ccccc2)cnn1-c1ccccc1Cl. The summed E-state index contributed by atoms with van der Waals surface area (Å²) < 4.78 is 43.7. The monoisotopic (exact) mass is 390 g/mol. The van der Waals surface area contributed by atoms with Crippen LogP contribution in [0, 0.1) is 0 Å². The highest BCUT2D eigenvalue weighted by molar-refractivity contribution is 6.32. The number of alkyl halides is 3. The molecule has 4 rings (SSSR count). The molecule has 0 aliphatic rings. The Morgan fingerprint density at radius 3 is 2.30 bits per heavy atom. The van der Waals surface area contributed by atoms with Crippen LogP contribution in [0.4, 0.5) is 13.2 Å². The van der Waals surface area contributed by atoms with Gasteiger partial charge in [0.2, 0.25) is 0 Å². The lowest BCUT2D eigenvalue weighted by atomic mass is 10.2. The van der Waals surface area contributed by atoms with Crippen LogP contribution in [0.2, 0.25) is 5.02 Å². The first kappa shape index (κ1) is 17.2. The van der Waals surface area contributed by atoms with E-state index in [4.69, 9.17) is 11.6 Å². The zero-order valence-electron chi connectivity index (χ0n) is 13.5. The van der Waals surface area contributed by atoms with E-state index in [0.717, 1.165) is 10.9 Å². The summed E-state index contributed by atoms with van der Waals surface area (Å²) in [5, 5.41) is 15.2. The van der Waals surface area contributed by atoms with Gasteiger partial charge in [0.25, 0.3) is 0 Å². The van der Waals surface area contributed by atoms with Gasteiger partial charge in [-0.2, -0.15) is 23.0 Å². The second kappa shape index (κ2) is 6.51. The predicted octanol–water partition coefficient (Wildman–Crippen LogP) is 4.19. The fourth-order valence-electron chi connectivity index (χ4n) is 2.69. The lowest BCUT2D eigenvalue weighted by Crippen LogP contribution is -2.15. The highest BCUT2D eigenvalue weighted by atomic mass is 35.5. The molecular weight excluding hydrogens is 381 g/mol. The van der Waals surface area contributed by atoms with Gasteiger partial charge >= 0.3 is 6.18 Å². The predicted molar refractivity (Wildman–Crippen MR) is 91.7 cm³/mol. The number of para-hydroxylation sites is 2. The van der Waals surface area contributed by atoms with E-state index in [9.17, 15) is 13.2 Å². The summed E-state index contributed by atoms with van der Waals surface area (Å²) in [6.45, 7) is 0. The minimum Gasteiger partial charge on any atom is -0.226 e. The fourth-order valence-corrected chi connectivity index (χ4v) is 2.90. The highest BCUT2D eigenvalue weighted by Gasteiger charge is 2.40. The third kappa shape index (κ3) is 3.06. The Morgan fingerprint density at radius 1 is 0.889 bits per heavy atom. The lowest BCUT2D eigenvalue weighted by Gasteiger charge is -2.13. The molecule has 0 atom stereocenters. The second-order valence-electron chi connectivity index (χ2n) is 5.52. The van der Waals surface area contributed by atoms with Crippen molar-refractivity contribution in [3.8, 4) is 22.8 Å². The Bertz CT molecular complexity index is 1090. The molecule has 0 radical (unpaired) electrons. The van der Waals surface area contributed by atoms with E-state index < -0.39 is 11.9 Å². The molecule has 0 aliphatic heterocycles. The van der Waals surface area contributed by atoms with Gasteiger partial charge in [0, 0.05) is 0 Å². The zero-order valence-corrected chi connectivity index (χ0v) is 14.2. The van der Waals surface area contributed by atoms with Gasteiger partial charge in [0.05, 0.1) is 28.2 Å². The van der Waals surface area contributed by atoms with Crippen LogP contribution in [-0.2, 0) is 6.18 Å². The fraction of sp³-hybridized carbons (Fsp3) is 0.0588. The van der Waals surface area contributed by atoms with Crippen molar-refractivity contribution in [3.05, 3.63) is 71.5 Å². The number of tetrazole rings is 1. The lowest BCUT2D eigenvalue weighted by molar-refractivity contribution is -0.142. The van der Waals surface area contributed by atoms with Gasteiger partial charge in [-0.15, -0.1) is 5.10 Å². The van der Waals surface area contributed by atoms with Gasteiger partial charge in [-0.25, -0.2) is 4.68 Å². The number of benzene rings is 2. The van der Waals surface area contributed by atoms with Gasteiger partial charge in [0.1, 0.15) is 0 Å². The number of hydrogen-bond donors (Lipinski definition) is 0. The van der Waals surface area contributed by atoms with Crippen molar-refractivity contribution in [2.45, 2.75) is 6.18 Å². The molecular formula is C17H10ClF3N6. The van der Waals surface area contributed by atoms with Crippen molar-refractivity contribution in [1.29, 1.82) is 0 Å². The summed E-state index contributed by atoms with van der Waals surface area (Å²) in [6, 6.07) is 14.8. The smallest absolute Gasteiger partial charge is 0.226 e. The molecule has 0 unspecified atom stereocenters. The normalized spacial score (nSPS) is 11.7. The van der Waals surface area contributed by atoms with E-state index in [0.29, 0.717) is 5.69 Å². The summed E-state index contributed by atoms with van der Waals surface area (Å²) in [5.74, 6) is -0.0770. The molecule has 0 saturated heterocycles. The average molecular weight is 391 g/mol. The molecule has 0 aliphatic carbocycles. The van der Waals surface area contributed by atoms with Gasteiger partial charge in [-0.3, -0.25) is 0 Å². The van der Waals surface area contributed by atoms with E-state index in [2.05, 4.69) is 20.6 Å². The topological polar surface area (TPSA) is 61.4 Å². The van der Waals surface area contributed by atoms with Crippen molar-refractivity contribution < 1.29 is 13.2 Å². The maximum absolute atomic E-state index is 13.9.